The normalized spacial score (nSPS) is 20.4. The molecule has 2 aromatic carbocycles. The van der Waals surface area contributed by atoms with E-state index in [-0.39, 0.29) is 29.4 Å². The topological polar surface area (TPSA) is 92.5 Å². The van der Waals surface area contributed by atoms with E-state index in [0.717, 1.165) is 12.1 Å². The second kappa shape index (κ2) is 8.83. The van der Waals surface area contributed by atoms with Crippen LogP contribution in [0.15, 0.2) is 47.4 Å². The van der Waals surface area contributed by atoms with Crippen LogP contribution in [0.25, 0.3) is 10.9 Å². The van der Waals surface area contributed by atoms with Gasteiger partial charge in [-0.15, -0.1) is 0 Å². The number of rotatable bonds is 7. The molecule has 0 radical (unpaired) electrons. The second-order valence-corrected chi connectivity index (χ2v) is 10.4. The van der Waals surface area contributed by atoms with Gasteiger partial charge in [0.1, 0.15) is 11.6 Å². The van der Waals surface area contributed by atoms with Gasteiger partial charge in [-0.25, -0.2) is 17.2 Å². The first-order valence-electron chi connectivity index (χ1n) is 10.8. The molecule has 0 amide bonds. The van der Waals surface area contributed by atoms with Crippen molar-refractivity contribution in [2.45, 2.75) is 62.6 Å². The fourth-order valence-corrected chi connectivity index (χ4v) is 6.60. The Hall–Kier alpha value is -2.85. The van der Waals surface area contributed by atoms with E-state index in [4.69, 9.17) is 0 Å². The molecule has 10 heteroatoms. The van der Waals surface area contributed by atoms with Gasteiger partial charge in [-0.05, 0) is 75.6 Å². The van der Waals surface area contributed by atoms with Gasteiger partial charge in [0.2, 0.25) is 10.0 Å². The first kappa shape index (κ1) is 23.3. The first-order chi connectivity index (χ1) is 15.6. The van der Waals surface area contributed by atoms with E-state index in [0.29, 0.717) is 35.9 Å². The predicted octanol–water partition coefficient (Wildman–Crippen LogP) is 4.13. The van der Waals surface area contributed by atoms with E-state index >= 15 is 0 Å². The van der Waals surface area contributed by atoms with Crippen molar-refractivity contribution < 1.29 is 27.1 Å². The molecule has 0 spiro atoms. The number of aromatic nitrogens is 2. The Bertz CT molecular complexity index is 1290. The minimum atomic E-state index is -3.84. The number of benzene rings is 2. The molecule has 33 heavy (non-hydrogen) atoms. The standard InChI is InChI=1S/C23H25F2N3O4S/c1-14-3-7-18(28(14)33(31,32)19-8-4-16(24)5-9-19)11-15(2)27-22-12-17(25)6-10-20(22)21(26-27)13-23(29)30/h4-6,8-10,12,14-15,18H,3,7,11,13H2,1-2H3,(H,29,30)/t14-,15-,18-/m1/s1. The summed E-state index contributed by atoms with van der Waals surface area (Å²) in [6, 6.07) is 7.98. The molecular weight excluding hydrogens is 452 g/mol. The third-order valence-corrected chi connectivity index (χ3v) is 8.28. The minimum absolute atomic E-state index is 0.0330. The largest absolute Gasteiger partial charge is 0.481 e. The number of nitrogens with zero attached hydrogens (tertiary/aromatic N) is 3. The molecule has 1 aromatic heterocycles. The molecule has 1 saturated heterocycles. The van der Waals surface area contributed by atoms with Crippen LogP contribution in [0.4, 0.5) is 8.78 Å². The number of fused-ring (bicyclic) bond motifs is 1. The Morgan fingerprint density at radius 1 is 1.15 bits per heavy atom. The maximum Gasteiger partial charge on any atom is 0.309 e. The smallest absolute Gasteiger partial charge is 0.309 e. The van der Waals surface area contributed by atoms with Gasteiger partial charge in [0.25, 0.3) is 0 Å². The van der Waals surface area contributed by atoms with Gasteiger partial charge in [0, 0.05) is 17.5 Å². The van der Waals surface area contributed by atoms with Crippen LogP contribution in [-0.4, -0.2) is 45.7 Å². The van der Waals surface area contributed by atoms with Crippen LogP contribution in [0.3, 0.4) is 0 Å². The Kier molecular flexibility index (Phi) is 6.24. The number of aliphatic carboxylic acids is 1. The van der Waals surface area contributed by atoms with Crippen molar-refractivity contribution in [2.75, 3.05) is 0 Å². The van der Waals surface area contributed by atoms with Crippen LogP contribution < -0.4 is 0 Å². The van der Waals surface area contributed by atoms with Crippen molar-refractivity contribution in [1.29, 1.82) is 0 Å². The van der Waals surface area contributed by atoms with E-state index in [1.165, 1.54) is 34.6 Å². The summed E-state index contributed by atoms with van der Waals surface area (Å²) in [6.45, 7) is 3.70. The van der Waals surface area contributed by atoms with Crippen molar-refractivity contribution in [3.8, 4) is 0 Å². The van der Waals surface area contributed by atoms with Crippen LogP contribution in [0.2, 0.25) is 0 Å². The molecule has 1 aliphatic heterocycles. The monoisotopic (exact) mass is 477 g/mol. The summed E-state index contributed by atoms with van der Waals surface area (Å²) >= 11 is 0. The number of carboxylic acid groups (broad SMARTS) is 1. The van der Waals surface area contributed by atoms with Crippen molar-refractivity contribution in [3.63, 3.8) is 0 Å². The van der Waals surface area contributed by atoms with Gasteiger partial charge in [0.15, 0.2) is 0 Å². The average molecular weight is 478 g/mol. The molecule has 1 aliphatic rings. The van der Waals surface area contributed by atoms with E-state index in [1.54, 1.807) is 4.68 Å². The van der Waals surface area contributed by atoms with Crippen LogP contribution in [0.5, 0.6) is 0 Å². The zero-order chi connectivity index (χ0) is 23.9. The molecule has 2 heterocycles. The SMILES string of the molecule is C[C@@H]1CC[C@H](C[C@@H](C)n2nc(CC(=O)O)c3ccc(F)cc32)N1S(=O)(=O)c1ccc(F)cc1. The summed E-state index contributed by atoms with van der Waals surface area (Å²) < 4.78 is 57.0. The summed E-state index contributed by atoms with van der Waals surface area (Å²) in [5.41, 5.74) is 0.803. The zero-order valence-corrected chi connectivity index (χ0v) is 19.1. The molecule has 176 valence electrons. The Balaban J connectivity index is 1.66. The van der Waals surface area contributed by atoms with Crippen molar-refractivity contribution in [1.82, 2.24) is 14.1 Å². The van der Waals surface area contributed by atoms with Gasteiger partial charge in [0.05, 0.1) is 28.6 Å². The fraction of sp³-hybridized carbons (Fsp3) is 0.391. The van der Waals surface area contributed by atoms with E-state index in [2.05, 4.69) is 5.10 Å². The number of hydrogen-bond donors (Lipinski definition) is 1. The molecule has 0 bridgehead atoms. The molecule has 1 fully saturated rings. The number of hydrogen-bond acceptors (Lipinski definition) is 4. The molecule has 0 saturated carbocycles. The summed E-state index contributed by atoms with van der Waals surface area (Å²) in [5, 5.41) is 14.2. The third kappa shape index (κ3) is 4.49. The van der Waals surface area contributed by atoms with Crippen LogP contribution in [0.1, 0.15) is 44.8 Å². The van der Waals surface area contributed by atoms with Crippen LogP contribution in [-0.2, 0) is 21.2 Å². The van der Waals surface area contributed by atoms with Crippen molar-refractivity contribution in [2.24, 2.45) is 0 Å². The lowest BCUT2D eigenvalue weighted by Crippen LogP contribution is -2.40. The quantitative estimate of drug-likeness (QED) is 0.552. The third-order valence-electron chi connectivity index (χ3n) is 6.20. The lowest BCUT2D eigenvalue weighted by atomic mass is 10.1. The summed E-state index contributed by atoms with van der Waals surface area (Å²) in [5.74, 6) is -2.02. The van der Waals surface area contributed by atoms with Crippen molar-refractivity contribution in [3.05, 3.63) is 59.8 Å². The number of carboxylic acids is 1. The van der Waals surface area contributed by atoms with Gasteiger partial charge in [-0.1, -0.05) is 0 Å². The minimum Gasteiger partial charge on any atom is -0.481 e. The van der Waals surface area contributed by atoms with Gasteiger partial charge in [-0.3, -0.25) is 9.48 Å². The summed E-state index contributed by atoms with van der Waals surface area (Å²) in [4.78, 5) is 11.3. The highest BCUT2D eigenvalue weighted by molar-refractivity contribution is 7.89. The maximum absolute atomic E-state index is 14.0. The second-order valence-electron chi connectivity index (χ2n) is 8.58. The lowest BCUT2D eigenvalue weighted by Gasteiger charge is -2.29. The van der Waals surface area contributed by atoms with E-state index in [1.807, 2.05) is 13.8 Å². The molecule has 0 unspecified atom stereocenters. The molecule has 0 aliphatic carbocycles. The highest BCUT2D eigenvalue weighted by Crippen LogP contribution is 2.36. The molecule has 7 nitrogen and oxygen atoms in total. The highest BCUT2D eigenvalue weighted by Gasteiger charge is 2.41. The number of carbonyl (C=O) groups is 1. The Morgan fingerprint density at radius 2 is 1.82 bits per heavy atom. The molecule has 4 rings (SSSR count). The Labute approximate surface area is 190 Å². The van der Waals surface area contributed by atoms with Crippen molar-refractivity contribution >= 4 is 26.9 Å². The van der Waals surface area contributed by atoms with E-state index < -0.39 is 27.6 Å². The van der Waals surface area contributed by atoms with Gasteiger partial charge < -0.3 is 5.11 Å². The highest BCUT2D eigenvalue weighted by atomic mass is 32.2. The maximum atomic E-state index is 14.0. The average Bonchev–Trinajstić information content (AvgIpc) is 3.28. The number of halogens is 2. The summed E-state index contributed by atoms with van der Waals surface area (Å²) in [6.07, 6.45) is 1.43. The lowest BCUT2D eigenvalue weighted by molar-refractivity contribution is -0.136. The molecular formula is C23H25F2N3O4S. The van der Waals surface area contributed by atoms with E-state index in [9.17, 15) is 27.1 Å². The van der Waals surface area contributed by atoms with Crippen LogP contribution >= 0.6 is 0 Å². The Morgan fingerprint density at radius 3 is 2.48 bits per heavy atom. The number of sulfonamides is 1. The van der Waals surface area contributed by atoms with Gasteiger partial charge in [-0.2, -0.15) is 9.40 Å². The molecule has 3 atom stereocenters. The zero-order valence-electron chi connectivity index (χ0n) is 18.3. The first-order valence-corrected chi connectivity index (χ1v) is 12.2. The molecule has 3 aromatic rings. The predicted molar refractivity (Wildman–Crippen MR) is 118 cm³/mol. The summed E-state index contributed by atoms with van der Waals surface area (Å²) in [7, 11) is -3.84. The van der Waals surface area contributed by atoms with Crippen LogP contribution in [0, 0.1) is 11.6 Å². The fourth-order valence-electron chi connectivity index (χ4n) is 4.71. The van der Waals surface area contributed by atoms with Gasteiger partial charge >= 0.3 is 5.97 Å². The molecule has 1 N–H and O–H groups in total.